The first-order chi connectivity index (χ1) is 9.17. The molecule has 0 saturated carbocycles. The molecule has 0 bridgehead atoms. The first-order valence-corrected chi connectivity index (χ1v) is 7.09. The fourth-order valence-electron chi connectivity index (χ4n) is 2.44. The van der Waals surface area contributed by atoms with Crippen molar-refractivity contribution in [3.63, 3.8) is 0 Å². The molecule has 0 aromatic rings. The van der Waals surface area contributed by atoms with Crippen molar-refractivity contribution < 1.29 is 4.79 Å². The Bertz CT molecular complexity index is 288. The van der Waals surface area contributed by atoms with Crippen LogP contribution in [0.15, 0.2) is 25.3 Å². The largest absolute Gasteiger partial charge is 0.334 e. The predicted octanol–water partition coefficient (Wildman–Crippen LogP) is 1.26. The normalized spacial score (nSPS) is 19.2. The van der Waals surface area contributed by atoms with E-state index in [-0.39, 0.29) is 5.91 Å². The summed E-state index contributed by atoms with van der Waals surface area (Å²) in [7, 11) is 2.01. The molecule has 1 heterocycles. The number of carbonyl (C=O) groups is 1. The van der Waals surface area contributed by atoms with Gasteiger partial charge in [0.1, 0.15) is 0 Å². The Hall–Kier alpha value is -1.13. The molecule has 1 aliphatic heterocycles. The summed E-state index contributed by atoms with van der Waals surface area (Å²) in [6, 6.07) is 0.527. The Morgan fingerprint density at radius 3 is 2.53 bits per heavy atom. The number of amides is 1. The number of piperidine rings is 1. The fourth-order valence-corrected chi connectivity index (χ4v) is 2.44. The number of likely N-dealkylation sites (N-methyl/N-ethyl adjacent to an activating group) is 1. The second kappa shape index (κ2) is 8.88. The molecular formula is C15H27N3O. The van der Waals surface area contributed by atoms with E-state index < -0.39 is 0 Å². The van der Waals surface area contributed by atoms with Crippen molar-refractivity contribution in [3.8, 4) is 0 Å². The van der Waals surface area contributed by atoms with E-state index in [9.17, 15) is 4.79 Å². The Balaban J connectivity index is 2.35. The van der Waals surface area contributed by atoms with E-state index in [1.54, 1.807) is 17.1 Å². The average Bonchev–Trinajstić information content (AvgIpc) is 2.39. The fraction of sp³-hybridized carbons (Fsp3) is 0.667. The molecule has 1 atom stereocenters. The minimum absolute atomic E-state index is 0.137. The third-order valence-corrected chi connectivity index (χ3v) is 3.40. The Kier molecular flexibility index (Phi) is 7.45. The van der Waals surface area contributed by atoms with Gasteiger partial charge in [0.25, 0.3) is 0 Å². The summed E-state index contributed by atoms with van der Waals surface area (Å²) in [5.74, 6) is 0.137. The minimum Gasteiger partial charge on any atom is -0.334 e. The van der Waals surface area contributed by atoms with Gasteiger partial charge in [-0.1, -0.05) is 18.6 Å². The number of hydrogen-bond acceptors (Lipinski definition) is 3. The third kappa shape index (κ3) is 6.03. The maximum absolute atomic E-state index is 12.1. The van der Waals surface area contributed by atoms with Gasteiger partial charge < -0.3 is 10.2 Å². The van der Waals surface area contributed by atoms with Gasteiger partial charge in [0.2, 0.25) is 5.91 Å². The maximum Gasteiger partial charge on any atom is 0.237 e. The van der Waals surface area contributed by atoms with Crippen molar-refractivity contribution in [1.29, 1.82) is 0 Å². The van der Waals surface area contributed by atoms with E-state index in [0.29, 0.717) is 25.7 Å². The summed E-state index contributed by atoms with van der Waals surface area (Å²) >= 11 is 0. The van der Waals surface area contributed by atoms with Crippen LogP contribution in [0.3, 0.4) is 0 Å². The van der Waals surface area contributed by atoms with Crippen LogP contribution in [-0.4, -0.2) is 61.5 Å². The predicted molar refractivity (Wildman–Crippen MR) is 80.1 cm³/mol. The highest BCUT2D eigenvalue weighted by atomic mass is 16.2. The highest BCUT2D eigenvalue weighted by molar-refractivity contribution is 5.78. The highest BCUT2D eigenvalue weighted by Gasteiger charge is 2.18. The molecule has 1 N–H and O–H groups in total. The van der Waals surface area contributed by atoms with Gasteiger partial charge in [-0.15, -0.1) is 13.2 Å². The van der Waals surface area contributed by atoms with E-state index in [1.807, 2.05) is 7.05 Å². The molecule has 0 aromatic heterocycles. The highest BCUT2D eigenvalue weighted by Crippen LogP contribution is 2.08. The Labute approximate surface area is 117 Å². The molecule has 0 radical (unpaired) electrons. The molecule has 4 nitrogen and oxygen atoms in total. The lowest BCUT2D eigenvalue weighted by molar-refractivity contribution is -0.131. The minimum atomic E-state index is 0.137. The van der Waals surface area contributed by atoms with Crippen LogP contribution >= 0.6 is 0 Å². The van der Waals surface area contributed by atoms with Gasteiger partial charge in [-0.2, -0.15) is 0 Å². The SMILES string of the molecule is C=CCN(CC=C)C(=O)CN(C)CC1CCCCN1. The zero-order valence-corrected chi connectivity index (χ0v) is 12.1. The van der Waals surface area contributed by atoms with Gasteiger partial charge >= 0.3 is 0 Å². The van der Waals surface area contributed by atoms with Gasteiger partial charge in [0, 0.05) is 25.7 Å². The number of rotatable bonds is 8. The van der Waals surface area contributed by atoms with E-state index >= 15 is 0 Å². The zero-order chi connectivity index (χ0) is 14.1. The molecule has 1 aliphatic rings. The van der Waals surface area contributed by atoms with Gasteiger partial charge in [-0.25, -0.2) is 0 Å². The van der Waals surface area contributed by atoms with Crippen molar-refractivity contribution in [3.05, 3.63) is 25.3 Å². The molecule has 0 aromatic carbocycles. The van der Waals surface area contributed by atoms with Crippen LogP contribution in [0.25, 0.3) is 0 Å². The van der Waals surface area contributed by atoms with E-state index in [0.717, 1.165) is 13.1 Å². The maximum atomic E-state index is 12.1. The van der Waals surface area contributed by atoms with Crippen LogP contribution in [0.2, 0.25) is 0 Å². The van der Waals surface area contributed by atoms with Crippen molar-refractivity contribution in [2.24, 2.45) is 0 Å². The third-order valence-electron chi connectivity index (χ3n) is 3.40. The zero-order valence-electron chi connectivity index (χ0n) is 12.1. The molecule has 19 heavy (non-hydrogen) atoms. The van der Waals surface area contributed by atoms with E-state index in [2.05, 4.69) is 23.4 Å². The molecule has 1 amide bonds. The first kappa shape index (κ1) is 15.9. The smallest absolute Gasteiger partial charge is 0.237 e. The molecular weight excluding hydrogens is 238 g/mol. The number of carbonyl (C=O) groups excluding carboxylic acids is 1. The molecule has 1 unspecified atom stereocenters. The monoisotopic (exact) mass is 265 g/mol. The topological polar surface area (TPSA) is 35.6 Å². The average molecular weight is 265 g/mol. The molecule has 0 aliphatic carbocycles. The molecule has 1 rings (SSSR count). The number of hydrogen-bond donors (Lipinski definition) is 1. The van der Waals surface area contributed by atoms with Crippen LogP contribution in [-0.2, 0) is 4.79 Å². The molecule has 4 heteroatoms. The second-order valence-electron chi connectivity index (χ2n) is 5.22. The molecule has 1 fully saturated rings. The molecule has 108 valence electrons. The summed E-state index contributed by atoms with van der Waals surface area (Å²) in [4.78, 5) is 16.0. The Morgan fingerprint density at radius 1 is 1.32 bits per heavy atom. The lowest BCUT2D eigenvalue weighted by atomic mass is 10.0. The molecule has 0 spiro atoms. The second-order valence-corrected chi connectivity index (χ2v) is 5.22. The number of nitrogens with zero attached hydrogens (tertiary/aromatic N) is 2. The van der Waals surface area contributed by atoms with Crippen LogP contribution in [0.1, 0.15) is 19.3 Å². The first-order valence-electron chi connectivity index (χ1n) is 7.09. The lowest BCUT2D eigenvalue weighted by Crippen LogP contribution is -2.46. The van der Waals surface area contributed by atoms with Crippen molar-refractivity contribution in [2.45, 2.75) is 25.3 Å². The molecule has 1 saturated heterocycles. The van der Waals surface area contributed by atoms with Gasteiger partial charge in [-0.05, 0) is 26.4 Å². The van der Waals surface area contributed by atoms with Crippen molar-refractivity contribution in [1.82, 2.24) is 15.1 Å². The van der Waals surface area contributed by atoms with E-state index in [1.165, 1.54) is 19.3 Å². The lowest BCUT2D eigenvalue weighted by Gasteiger charge is -2.29. The van der Waals surface area contributed by atoms with E-state index in [4.69, 9.17) is 0 Å². The van der Waals surface area contributed by atoms with Gasteiger partial charge in [-0.3, -0.25) is 9.69 Å². The van der Waals surface area contributed by atoms with Crippen LogP contribution in [0, 0.1) is 0 Å². The quantitative estimate of drug-likeness (QED) is 0.671. The van der Waals surface area contributed by atoms with Crippen molar-refractivity contribution in [2.75, 3.05) is 39.8 Å². The van der Waals surface area contributed by atoms with Gasteiger partial charge in [0.05, 0.1) is 6.54 Å². The summed E-state index contributed by atoms with van der Waals surface area (Å²) in [6.45, 7) is 11.0. The summed E-state index contributed by atoms with van der Waals surface area (Å²) in [6.07, 6.45) is 7.28. The van der Waals surface area contributed by atoms with Crippen molar-refractivity contribution >= 4 is 5.91 Å². The summed E-state index contributed by atoms with van der Waals surface area (Å²) < 4.78 is 0. The Morgan fingerprint density at radius 2 is 2.00 bits per heavy atom. The standard InChI is InChI=1S/C15H27N3O/c1-4-10-18(11-5-2)15(19)13-17(3)12-14-8-6-7-9-16-14/h4-5,14,16H,1-2,6-13H2,3H3. The summed E-state index contributed by atoms with van der Waals surface area (Å²) in [5.41, 5.74) is 0. The number of nitrogens with one attached hydrogen (secondary N) is 1. The van der Waals surface area contributed by atoms with Gasteiger partial charge in [0.15, 0.2) is 0 Å². The van der Waals surface area contributed by atoms with Crippen LogP contribution in [0.4, 0.5) is 0 Å². The van der Waals surface area contributed by atoms with Crippen LogP contribution < -0.4 is 5.32 Å². The van der Waals surface area contributed by atoms with Crippen LogP contribution in [0.5, 0.6) is 0 Å². The summed E-state index contributed by atoms with van der Waals surface area (Å²) in [5, 5.41) is 3.50.